The zero-order valence-electron chi connectivity index (χ0n) is 12.9. The van der Waals surface area contributed by atoms with Crippen LogP contribution >= 0.6 is 0 Å². The number of hydrogen-bond acceptors (Lipinski definition) is 5. The molecule has 0 radical (unpaired) electrons. The Morgan fingerprint density at radius 2 is 1.64 bits per heavy atom. The first-order valence-corrected chi connectivity index (χ1v) is 6.93. The summed E-state index contributed by atoms with van der Waals surface area (Å²) in [6, 6.07) is 6.00. The highest BCUT2D eigenvalue weighted by molar-refractivity contribution is 5.89. The van der Waals surface area contributed by atoms with Crippen LogP contribution in [-0.4, -0.2) is 28.6 Å². The molecule has 0 aliphatic heterocycles. The molecule has 1 N–H and O–H groups in total. The molecule has 6 nitrogen and oxygen atoms in total. The lowest BCUT2D eigenvalue weighted by Crippen LogP contribution is -2.23. The number of ether oxygens (including phenoxy) is 2. The molecular formula is C16H20O6. The van der Waals surface area contributed by atoms with Crippen LogP contribution in [0.15, 0.2) is 24.3 Å². The summed E-state index contributed by atoms with van der Waals surface area (Å²) in [5, 5.41) is 8.48. The minimum Gasteiger partial charge on any atom is -0.481 e. The van der Waals surface area contributed by atoms with Crippen LogP contribution in [0.3, 0.4) is 0 Å². The van der Waals surface area contributed by atoms with Crippen LogP contribution in [0, 0.1) is 0 Å². The number of esters is 2. The van der Waals surface area contributed by atoms with Crippen molar-refractivity contribution < 1.29 is 29.0 Å². The Balaban J connectivity index is 2.53. The van der Waals surface area contributed by atoms with Gasteiger partial charge in [0.05, 0.1) is 5.56 Å². The molecule has 0 heterocycles. The highest BCUT2D eigenvalue weighted by Crippen LogP contribution is 2.16. The topological polar surface area (TPSA) is 89.9 Å². The second kappa shape index (κ2) is 7.59. The summed E-state index contributed by atoms with van der Waals surface area (Å²) in [6.45, 7) is 5.33. The predicted octanol–water partition coefficient (Wildman–Crippen LogP) is 2.80. The molecule has 0 fully saturated rings. The minimum atomic E-state index is -0.950. The molecule has 1 aromatic carbocycles. The summed E-state index contributed by atoms with van der Waals surface area (Å²) in [6.07, 6.45) is 0.178. The van der Waals surface area contributed by atoms with Gasteiger partial charge >= 0.3 is 17.9 Å². The summed E-state index contributed by atoms with van der Waals surface area (Å²) in [5.74, 6) is -1.61. The maximum Gasteiger partial charge on any atom is 0.338 e. The maximum atomic E-state index is 11.8. The highest BCUT2D eigenvalue weighted by atomic mass is 16.6. The first-order chi connectivity index (χ1) is 10.2. The average Bonchev–Trinajstić information content (AvgIpc) is 2.37. The van der Waals surface area contributed by atoms with E-state index >= 15 is 0 Å². The quantitative estimate of drug-likeness (QED) is 0.642. The number of rotatable bonds is 6. The molecule has 1 aromatic rings. The molecule has 0 aliphatic carbocycles. The van der Waals surface area contributed by atoms with Gasteiger partial charge in [0.25, 0.3) is 0 Å². The Morgan fingerprint density at radius 3 is 2.14 bits per heavy atom. The maximum absolute atomic E-state index is 11.8. The van der Waals surface area contributed by atoms with E-state index in [4.69, 9.17) is 14.6 Å². The first kappa shape index (κ1) is 17.7. The van der Waals surface area contributed by atoms with Crippen LogP contribution in [0.2, 0.25) is 0 Å². The number of aliphatic carboxylic acids is 1. The van der Waals surface area contributed by atoms with E-state index in [-0.39, 0.29) is 19.3 Å². The van der Waals surface area contributed by atoms with Crippen LogP contribution in [0.4, 0.5) is 0 Å². The third-order valence-corrected chi connectivity index (χ3v) is 2.49. The molecule has 6 heteroatoms. The van der Waals surface area contributed by atoms with Crippen LogP contribution in [0.1, 0.15) is 50.4 Å². The van der Waals surface area contributed by atoms with Crippen molar-refractivity contribution in [2.24, 2.45) is 0 Å². The fourth-order valence-electron chi connectivity index (χ4n) is 1.56. The van der Waals surface area contributed by atoms with Crippen LogP contribution in [0.5, 0.6) is 5.75 Å². The molecule has 0 atom stereocenters. The summed E-state index contributed by atoms with van der Waals surface area (Å²) in [7, 11) is 0. The molecular weight excluding hydrogens is 288 g/mol. The van der Waals surface area contributed by atoms with E-state index in [1.807, 2.05) is 0 Å². The molecule has 0 aliphatic rings. The lowest BCUT2D eigenvalue weighted by Gasteiger charge is -2.19. The number of benzene rings is 1. The van der Waals surface area contributed by atoms with Gasteiger partial charge < -0.3 is 14.6 Å². The summed E-state index contributed by atoms with van der Waals surface area (Å²) in [4.78, 5) is 33.7. The number of carboxylic acid groups (broad SMARTS) is 1. The zero-order valence-corrected chi connectivity index (χ0v) is 12.9. The monoisotopic (exact) mass is 308 g/mol. The van der Waals surface area contributed by atoms with Crippen molar-refractivity contribution >= 4 is 17.9 Å². The van der Waals surface area contributed by atoms with E-state index in [2.05, 4.69) is 0 Å². The summed E-state index contributed by atoms with van der Waals surface area (Å²) in [5.41, 5.74) is -0.215. The van der Waals surface area contributed by atoms with Crippen molar-refractivity contribution in [3.8, 4) is 5.75 Å². The van der Waals surface area contributed by atoms with Gasteiger partial charge in [0.1, 0.15) is 11.4 Å². The van der Waals surface area contributed by atoms with Crippen molar-refractivity contribution in [2.75, 3.05) is 0 Å². The highest BCUT2D eigenvalue weighted by Gasteiger charge is 2.17. The van der Waals surface area contributed by atoms with E-state index in [9.17, 15) is 14.4 Å². The molecule has 120 valence electrons. The fourth-order valence-corrected chi connectivity index (χ4v) is 1.56. The van der Waals surface area contributed by atoms with Gasteiger partial charge in [0, 0.05) is 12.8 Å². The van der Waals surface area contributed by atoms with Crippen LogP contribution in [-0.2, 0) is 14.3 Å². The molecule has 0 amide bonds. The van der Waals surface area contributed by atoms with E-state index in [1.165, 1.54) is 24.3 Å². The molecule has 0 saturated carbocycles. The zero-order chi connectivity index (χ0) is 16.8. The fraction of sp³-hybridized carbons (Fsp3) is 0.438. The van der Waals surface area contributed by atoms with Gasteiger partial charge in [0.2, 0.25) is 0 Å². The van der Waals surface area contributed by atoms with Gasteiger partial charge in [-0.25, -0.2) is 4.79 Å². The van der Waals surface area contributed by atoms with Gasteiger partial charge in [-0.1, -0.05) is 0 Å². The molecule has 1 rings (SSSR count). The minimum absolute atomic E-state index is 0.0279. The molecule has 0 bridgehead atoms. The second-order valence-corrected chi connectivity index (χ2v) is 5.75. The Morgan fingerprint density at radius 1 is 1.05 bits per heavy atom. The number of hydrogen-bond donors (Lipinski definition) is 1. The standard InChI is InChI=1S/C16H20O6/c1-16(2,3)22-15(20)11-7-9-12(10-8-11)21-14(19)6-4-5-13(17)18/h7-10H,4-6H2,1-3H3,(H,17,18). The van der Waals surface area contributed by atoms with Gasteiger partial charge in [-0.2, -0.15) is 0 Å². The lowest BCUT2D eigenvalue weighted by molar-refractivity contribution is -0.137. The summed E-state index contributed by atoms with van der Waals surface area (Å²) >= 11 is 0. The Hall–Kier alpha value is -2.37. The lowest BCUT2D eigenvalue weighted by atomic mass is 10.1. The predicted molar refractivity (Wildman–Crippen MR) is 78.7 cm³/mol. The Kier molecular flexibility index (Phi) is 6.10. The molecule has 0 unspecified atom stereocenters. The van der Waals surface area contributed by atoms with E-state index in [0.29, 0.717) is 11.3 Å². The Bertz CT molecular complexity index is 539. The average molecular weight is 308 g/mol. The van der Waals surface area contributed by atoms with E-state index < -0.39 is 23.5 Å². The van der Waals surface area contributed by atoms with Gasteiger partial charge in [-0.05, 0) is 51.5 Å². The third-order valence-electron chi connectivity index (χ3n) is 2.49. The van der Waals surface area contributed by atoms with Gasteiger partial charge in [-0.15, -0.1) is 0 Å². The number of carboxylic acids is 1. The molecule has 22 heavy (non-hydrogen) atoms. The normalized spacial score (nSPS) is 10.9. The number of carbonyl (C=O) groups excluding carboxylic acids is 2. The van der Waals surface area contributed by atoms with Crippen LogP contribution in [0.25, 0.3) is 0 Å². The smallest absolute Gasteiger partial charge is 0.338 e. The largest absolute Gasteiger partial charge is 0.481 e. The van der Waals surface area contributed by atoms with Crippen molar-refractivity contribution in [3.05, 3.63) is 29.8 Å². The van der Waals surface area contributed by atoms with Crippen molar-refractivity contribution in [1.82, 2.24) is 0 Å². The molecule has 0 spiro atoms. The third kappa shape index (κ3) is 6.88. The first-order valence-electron chi connectivity index (χ1n) is 6.93. The molecule has 0 saturated heterocycles. The van der Waals surface area contributed by atoms with Crippen molar-refractivity contribution in [3.63, 3.8) is 0 Å². The van der Waals surface area contributed by atoms with E-state index in [1.54, 1.807) is 20.8 Å². The Labute approximate surface area is 129 Å². The molecule has 0 aromatic heterocycles. The SMILES string of the molecule is CC(C)(C)OC(=O)c1ccc(OC(=O)CCCC(=O)O)cc1. The second-order valence-electron chi connectivity index (χ2n) is 5.75. The van der Waals surface area contributed by atoms with E-state index in [0.717, 1.165) is 0 Å². The van der Waals surface area contributed by atoms with Gasteiger partial charge in [0.15, 0.2) is 0 Å². The van der Waals surface area contributed by atoms with Gasteiger partial charge in [-0.3, -0.25) is 9.59 Å². The van der Waals surface area contributed by atoms with Crippen LogP contribution < -0.4 is 4.74 Å². The number of carbonyl (C=O) groups is 3. The van der Waals surface area contributed by atoms with Crippen molar-refractivity contribution in [2.45, 2.75) is 45.6 Å². The van der Waals surface area contributed by atoms with Crippen molar-refractivity contribution in [1.29, 1.82) is 0 Å². The summed E-state index contributed by atoms with van der Waals surface area (Å²) < 4.78 is 10.3.